The van der Waals surface area contributed by atoms with Crippen molar-refractivity contribution in [1.29, 1.82) is 0 Å². The average molecular weight is 271 g/mol. The molecular formula is C17H21NO2. The molecule has 1 unspecified atom stereocenters. The molecule has 2 N–H and O–H groups in total. The Morgan fingerprint density at radius 3 is 2.25 bits per heavy atom. The van der Waals surface area contributed by atoms with Gasteiger partial charge in [0, 0.05) is 11.6 Å². The Labute approximate surface area is 120 Å². The number of methoxy groups -OCH3 is 2. The van der Waals surface area contributed by atoms with Crippen molar-refractivity contribution in [3.05, 3.63) is 48.0 Å². The van der Waals surface area contributed by atoms with E-state index in [9.17, 15) is 0 Å². The first kappa shape index (κ1) is 14.4. The van der Waals surface area contributed by atoms with Crippen molar-refractivity contribution >= 4 is 0 Å². The standard InChI is InChI=1S/C17H21NO2/c1-4-16(18)13-7-5-12(6-8-13)15-11-14(19-2)9-10-17(15)20-3/h5-11,16H,4,18H2,1-3H3. The molecule has 0 heterocycles. The lowest BCUT2D eigenvalue weighted by Gasteiger charge is -2.13. The molecular weight excluding hydrogens is 250 g/mol. The predicted molar refractivity (Wildman–Crippen MR) is 82.2 cm³/mol. The topological polar surface area (TPSA) is 44.5 Å². The van der Waals surface area contributed by atoms with Gasteiger partial charge in [-0.2, -0.15) is 0 Å². The Balaban J connectivity index is 2.40. The van der Waals surface area contributed by atoms with Gasteiger partial charge in [0.15, 0.2) is 0 Å². The number of benzene rings is 2. The van der Waals surface area contributed by atoms with Crippen molar-refractivity contribution in [3.8, 4) is 22.6 Å². The summed E-state index contributed by atoms with van der Waals surface area (Å²) in [5.74, 6) is 1.65. The maximum Gasteiger partial charge on any atom is 0.126 e. The molecule has 0 radical (unpaired) electrons. The van der Waals surface area contributed by atoms with Crippen LogP contribution in [0.4, 0.5) is 0 Å². The van der Waals surface area contributed by atoms with Gasteiger partial charge in [-0.25, -0.2) is 0 Å². The fourth-order valence-electron chi connectivity index (χ4n) is 2.19. The van der Waals surface area contributed by atoms with Crippen LogP contribution in [0.25, 0.3) is 11.1 Å². The van der Waals surface area contributed by atoms with Crippen LogP contribution in [0.15, 0.2) is 42.5 Å². The lowest BCUT2D eigenvalue weighted by atomic mass is 9.99. The van der Waals surface area contributed by atoms with E-state index < -0.39 is 0 Å². The van der Waals surface area contributed by atoms with Crippen molar-refractivity contribution in [2.75, 3.05) is 14.2 Å². The summed E-state index contributed by atoms with van der Waals surface area (Å²) >= 11 is 0. The van der Waals surface area contributed by atoms with Gasteiger partial charge in [0.25, 0.3) is 0 Å². The van der Waals surface area contributed by atoms with Crippen LogP contribution in [0.1, 0.15) is 24.9 Å². The third-order valence-electron chi connectivity index (χ3n) is 3.50. The van der Waals surface area contributed by atoms with Crippen molar-refractivity contribution in [1.82, 2.24) is 0 Å². The number of rotatable bonds is 5. The second-order valence-electron chi connectivity index (χ2n) is 4.70. The molecule has 0 aliphatic heterocycles. The van der Waals surface area contributed by atoms with Crippen molar-refractivity contribution < 1.29 is 9.47 Å². The number of ether oxygens (including phenoxy) is 2. The molecule has 0 spiro atoms. The van der Waals surface area contributed by atoms with E-state index in [2.05, 4.69) is 31.2 Å². The van der Waals surface area contributed by atoms with Gasteiger partial charge in [-0.3, -0.25) is 0 Å². The summed E-state index contributed by atoms with van der Waals surface area (Å²) in [6.45, 7) is 2.09. The zero-order valence-corrected chi connectivity index (χ0v) is 12.2. The molecule has 0 aliphatic carbocycles. The molecule has 106 valence electrons. The van der Waals surface area contributed by atoms with Crippen LogP contribution < -0.4 is 15.2 Å². The molecule has 2 aromatic carbocycles. The van der Waals surface area contributed by atoms with E-state index in [1.807, 2.05) is 18.2 Å². The lowest BCUT2D eigenvalue weighted by Crippen LogP contribution is -2.08. The molecule has 0 saturated heterocycles. The minimum absolute atomic E-state index is 0.0938. The monoisotopic (exact) mass is 271 g/mol. The van der Waals surface area contributed by atoms with Crippen molar-refractivity contribution in [2.24, 2.45) is 5.73 Å². The smallest absolute Gasteiger partial charge is 0.126 e. The van der Waals surface area contributed by atoms with Crippen LogP contribution in [0.2, 0.25) is 0 Å². The zero-order valence-electron chi connectivity index (χ0n) is 12.2. The molecule has 2 aromatic rings. The SMILES string of the molecule is CCC(N)c1ccc(-c2cc(OC)ccc2OC)cc1. The molecule has 0 amide bonds. The van der Waals surface area contributed by atoms with Gasteiger partial charge in [0.05, 0.1) is 14.2 Å². The first-order valence-corrected chi connectivity index (χ1v) is 6.77. The summed E-state index contributed by atoms with van der Waals surface area (Å²) in [5, 5.41) is 0. The summed E-state index contributed by atoms with van der Waals surface area (Å²) in [4.78, 5) is 0. The summed E-state index contributed by atoms with van der Waals surface area (Å²) in [6.07, 6.45) is 0.932. The van der Waals surface area contributed by atoms with Gasteiger partial charge in [0.2, 0.25) is 0 Å². The molecule has 2 rings (SSSR count). The molecule has 20 heavy (non-hydrogen) atoms. The summed E-state index contributed by atoms with van der Waals surface area (Å²) in [7, 11) is 3.33. The molecule has 0 aromatic heterocycles. The van der Waals surface area contributed by atoms with Crippen LogP contribution in [0.3, 0.4) is 0 Å². The Hall–Kier alpha value is -2.00. The molecule has 0 saturated carbocycles. The molecule has 3 nitrogen and oxygen atoms in total. The minimum atomic E-state index is 0.0938. The fourth-order valence-corrected chi connectivity index (χ4v) is 2.19. The van der Waals surface area contributed by atoms with E-state index in [-0.39, 0.29) is 6.04 Å². The largest absolute Gasteiger partial charge is 0.497 e. The second kappa shape index (κ2) is 6.44. The van der Waals surface area contributed by atoms with E-state index in [1.165, 1.54) is 0 Å². The maximum atomic E-state index is 6.04. The van der Waals surface area contributed by atoms with Gasteiger partial charge < -0.3 is 15.2 Å². The number of hydrogen-bond acceptors (Lipinski definition) is 3. The molecule has 3 heteroatoms. The third-order valence-corrected chi connectivity index (χ3v) is 3.50. The Morgan fingerprint density at radius 2 is 1.70 bits per heavy atom. The normalized spacial score (nSPS) is 12.0. The Bertz CT molecular complexity index is 564. The van der Waals surface area contributed by atoms with E-state index in [1.54, 1.807) is 14.2 Å². The van der Waals surface area contributed by atoms with E-state index in [4.69, 9.17) is 15.2 Å². The average Bonchev–Trinajstić information content (AvgIpc) is 2.53. The maximum absolute atomic E-state index is 6.04. The quantitative estimate of drug-likeness (QED) is 0.900. The highest BCUT2D eigenvalue weighted by atomic mass is 16.5. The third kappa shape index (κ3) is 2.94. The molecule has 0 bridgehead atoms. The van der Waals surface area contributed by atoms with Gasteiger partial charge in [0.1, 0.15) is 11.5 Å². The zero-order chi connectivity index (χ0) is 14.5. The second-order valence-corrected chi connectivity index (χ2v) is 4.70. The Kier molecular flexibility index (Phi) is 4.64. The highest BCUT2D eigenvalue weighted by Crippen LogP contribution is 2.33. The van der Waals surface area contributed by atoms with Crippen molar-refractivity contribution in [3.63, 3.8) is 0 Å². The van der Waals surface area contributed by atoms with Gasteiger partial charge in [-0.15, -0.1) is 0 Å². The van der Waals surface area contributed by atoms with Crippen molar-refractivity contribution in [2.45, 2.75) is 19.4 Å². The number of hydrogen-bond donors (Lipinski definition) is 1. The summed E-state index contributed by atoms with van der Waals surface area (Å²) < 4.78 is 10.7. The first-order chi connectivity index (χ1) is 9.69. The Morgan fingerprint density at radius 1 is 1.00 bits per heavy atom. The van der Waals surface area contributed by atoms with Crippen LogP contribution in [0.5, 0.6) is 11.5 Å². The number of nitrogens with two attached hydrogens (primary N) is 1. The van der Waals surface area contributed by atoms with Crippen LogP contribution in [0, 0.1) is 0 Å². The molecule has 0 aliphatic rings. The van der Waals surface area contributed by atoms with Crippen LogP contribution in [-0.2, 0) is 0 Å². The van der Waals surface area contributed by atoms with Gasteiger partial charge >= 0.3 is 0 Å². The molecule has 1 atom stereocenters. The summed E-state index contributed by atoms with van der Waals surface area (Å²) in [5.41, 5.74) is 9.30. The highest BCUT2D eigenvalue weighted by molar-refractivity contribution is 5.72. The fraction of sp³-hybridized carbons (Fsp3) is 0.294. The molecule has 0 fully saturated rings. The van der Waals surface area contributed by atoms with E-state index in [0.717, 1.165) is 34.6 Å². The van der Waals surface area contributed by atoms with E-state index >= 15 is 0 Å². The highest BCUT2D eigenvalue weighted by Gasteiger charge is 2.09. The van der Waals surface area contributed by atoms with Gasteiger partial charge in [-0.05, 0) is 35.7 Å². The lowest BCUT2D eigenvalue weighted by molar-refractivity contribution is 0.404. The van der Waals surface area contributed by atoms with E-state index in [0.29, 0.717) is 0 Å². The van der Waals surface area contributed by atoms with Crippen LogP contribution in [-0.4, -0.2) is 14.2 Å². The van der Waals surface area contributed by atoms with Gasteiger partial charge in [-0.1, -0.05) is 31.2 Å². The predicted octanol–water partition coefficient (Wildman–Crippen LogP) is 3.78. The summed E-state index contributed by atoms with van der Waals surface area (Å²) in [6, 6.07) is 14.2. The first-order valence-electron chi connectivity index (χ1n) is 6.77. The van der Waals surface area contributed by atoms with Crippen LogP contribution >= 0.6 is 0 Å². The minimum Gasteiger partial charge on any atom is -0.497 e.